The minimum absolute atomic E-state index is 0.0924. The Balaban J connectivity index is 2.32. The summed E-state index contributed by atoms with van der Waals surface area (Å²) in [7, 11) is -4.20. The second kappa shape index (κ2) is 5.76. The van der Waals surface area contributed by atoms with Crippen molar-refractivity contribution >= 4 is 27.6 Å². The maximum atomic E-state index is 13.1. The van der Waals surface area contributed by atoms with Crippen LogP contribution in [0.15, 0.2) is 46.2 Å². The number of fused-ring (bicyclic) bond motifs is 1. The summed E-state index contributed by atoms with van der Waals surface area (Å²) >= 11 is 0. The fourth-order valence-corrected chi connectivity index (χ4v) is 4.35. The summed E-state index contributed by atoms with van der Waals surface area (Å²) < 4.78 is 38.8. The van der Waals surface area contributed by atoms with E-state index >= 15 is 0 Å². The quantitative estimate of drug-likeness (QED) is 0.657. The number of rotatable bonds is 3. The minimum Gasteiger partial charge on any atom is -0.478 e. The Morgan fingerprint density at radius 2 is 1.88 bits per heavy atom. The van der Waals surface area contributed by atoms with Crippen LogP contribution in [0.1, 0.15) is 27.9 Å². The third-order valence-electron chi connectivity index (χ3n) is 3.93. The van der Waals surface area contributed by atoms with Crippen molar-refractivity contribution in [1.82, 2.24) is 0 Å². The fourth-order valence-electron chi connectivity index (χ4n) is 2.78. The molecule has 0 atom stereocenters. The van der Waals surface area contributed by atoms with Crippen molar-refractivity contribution in [3.05, 3.63) is 58.9 Å². The molecule has 0 unspecified atom stereocenters. The molecule has 24 heavy (non-hydrogen) atoms. The molecule has 0 spiro atoms. The van der Waals surface area contributed by atoms with Crippen LogP contribution in [-0.4, -0.2) is 19.5 Å². The van der Waals surface area contributed by atoms with E-state index in [2.05, 4.69) is 0 Å². The van der Waals surface area contributed by atoms with Gasteiger partial charge in [0.25, 0.3) is 0 Å². The molecule has 0 fully saturated rings. The third-order valence-corrected chi connectivity index (χ3v) is 5.80. The molecule has 2 aromatic rings. The lowest BCUT2D eigenvalue weighted by atomic mass is 9.93. The normalized spacial score (nSPS) is 13.5. The highest BCUT2D eigenvalue weighted by Crippen LogP contribution is 2.36. The molecule has 1 aliphatic carbocycles. The van der Waals surface area contributed by atoms with E-state index < -0.39 is 26.5 Å². The van der Waals surface area contributed by atoms with Gasteiger partial charge in [0, 0.05) is 5.56 Å². The van der Waals surface area contributed by atoms with Crippen molar-refractivity contribution in [2.45, 2.75) is 22.6 Å². The van der Waals surface area contributed by atoms with Crippen molar-refractivity contribution < 1.29 is 22.7 Å². The van der Waals surface area contributed by atoms with Crippen LogP contribution in [0.25, 0.3) is 6.08 Å². The van der Waals surface area contributed by atoms with Crippen molar-refractivity contribution in [1.29, 1.82) is 0 Å². The minimum atomic E-state index is -4.20. The summed E-state index contributed by atoms with van der Waals surface area (Å²) in [5.74, 6) is -1.96. The Morgan fingerprint density at radius 3 is 2.50 bits per heavy atom. The highest BCUT2D eigenvalue weighted by Gasteiger charge is 2.30. The van der Waals surface area contributed by atoms with Gasteiger partial charge in [-0.25, -0.2) is 17.6 Å². The van der Waals surface area contributed by atoms with Crippen molar-refractivity contribution in [2.24, 2.45) is 0 Å². The Kier molecular flexibility index (Phi) is 3.88. The second-order valence-electron chi connectivity index (χ2n) is 5.44. The van der Waals surface area contributed by atoms with E-state index in [0.717, 1.165) is 30.7 Å². The van der Waals surface area contributed by atoms with Gasteiger partial charge in [0.05, 0.1) is 16.1 Å². The van der Waals surface area contributed by atoms with Gasteiger partial charge in [-0.05, 0) is 48.7 Å². The van der Waals surface area contributed by atoms with E-state index in [1.807, 2.05) is 6.08 Å². The van der Waals surface area contributed by atoms with Crippen LogP contribution in [0.3, 0.4) is 0 Å². The van der Waals surface area contributed by atoms with Gasteiger partial charge in [-0.15, -0.1) is 0 Å². The van der Waals surface area contributed by atoms with Crippen molar-refractivity contribution in [3.8, 4) is 0 Å². The first-order chi connectivity index (χ1) is 11.3. The topological polar surface area (TPSA) is 97.5 Å². The molecule has 0 saturated carbocycles. The number of carboxylic acid groups (broad SMARTS) is 1. The summed E-state index contributed by atoms with van der Waals surface area (Å²) in [6, 6.07) is 5.54. The molecule has 124 valence electrons. The number of nitrogens with two attached hydrogens (primary N) is 1. The number of halogens is 1. The highest BCUT2D eigenvalue weighted by molar-refractivity contribution is 7.91. The zero-order valence-electron chi connectivity index (χ0n) is 12.5. The maximum absolute atomic E-state index is 13.1. The molecular weight excluding hydrogens is 333 g/mol. The number of carboxylic acids is 1. The van der Waals surface area contributed by atoms with E-state index in [-0.39, 0.29) is 16.1 Å². The van der Waals surface area contributed by atoms with Gasteiger partial charge in [0.2, 0.25) is 9.84 Å². The van der Waals surface area contributed by atoms with Crippen LogP contribution in [0.2, 0.25) is 0 Å². The molecule has 0 amide bonds. The average Bonchev–Trinajstić information content (AvgIpc) is 2.54. The lowest BCUT2D eigenvalue weighted by molar-refractivity contribution is 0.0692. The standard InChI is InChI=1S/C17H14FNO4S/c18-11-5-7-12(8-6-11)24(22,23)16-14(17(20)21)9-10-3-1-2-4-13(10)15(16)19/h2,4-9H,1,3,19H2,(H,20,21). The number of aryl methyl sites for hydroxylation is 1. The number of hydrogen-bond donors (Lipinski definition) is 2. The first-order valence-corrected chi connectivity index (χ1v) is 8.66. The molecule has 0 bridgehead atoms. The predicted molar refractivity (Wildman–Crippen MR) is 87.0 cm³/mol. The lowest BCUT2D eigenvalue weighted by Gasteiger charge is -2.19. The number of nitrogen functional groups attached to an aromatic ring is 1. The molecule has 0 heterocycles. The van der Waals surface area contributed by atoms with Crippen molar-refractivity contribution in [3.63, 3.8) is 0 Å². The molecule has 0 aliphatic heterocycles. The molecule has 0 saturated heterocycles. The van der Waals surface area contributed by atoms with Gasteiger partial charge in [-0.3, -0.25) is 0 Å². The molecule has 5 nitrogen and oxygen atoms in total. The van der Waals surface area contributed by atoms with Crippen LogP contribution in [0, 0.1) is 5.82 Å². The van der Waals surface area contributed by atoms with Gasteiger partial charge in [-0.2, -0.15) is 0 Å². The number of allylic oxidation sites excluding steroid dienone is 1. The molecular formula is C17H14FNO4S. The van der Waals surface area contributed by atoms with E-state index in [1.165, 1.54) is 6.07 Å². The van der Waals surface area contributed by atoms with Gasteiger partial charge >= 0.3 is 5.97 Å². The number of sulfone groups is 1. The first kappa shape index (κ1) is 16.2. The number of anilines is 1. The Labute approximate surface area is 138 Å². The molecule has 7 heteroatoms. The second-order valence-corrected chi connectivity index (χ2v) is 7.33. The summed E-state index contributed by atoms with van der Waals surface area (Å²) in [5.41, 5.74) is 6.79. The van der Waals surface area contributed by atoms with E-state index in [9.17, 15) is 22.7 Å². The molecule has 3 rings (SSSR count). The summed E-state index contributed by atoms with van der Waals surface area (Å²) in [5, 5.41) is 9.45. The number of carbonyl (C=O) groups is 1. The lowest BCUT2D eigenvalue weighted by Crippen LogP contribution is -2.15. The molecule has 0 radical (unpaired) electrons. The number of benzene rings is 2. The van der Waals surface area contributed by atoms with Crippen LogP contribution < -0.4 is 5.73 Å². The molecule has 1 aliphatic rings. The van der Waals surface area contributed by atoms with Crippen molar-refractivity contribution in [2.75, 3.05) is 5.73 Å². The maximum Gasteiger partial charge on any atom is 0.337 e. The number of hydrogen-bond acceptors (Lipinski definition) is 4. The van der Waals surface area contributed by atoms with Gasteiger partial charge in [0.15, 0.2) is 0 Å². The van der Waals surface area contributed by atoms with E-state index in [0.29, 0.717) is 17.5 Å². The van der Waals surface area contributed by atoms with Crippen LogP contribution in [0.4, 0.5) is 10.1 Å². The predicted octanol–water partition coefficient (Wildman–Crippen LogP) is 2.90. The first-order valence-electron chi connectivity index (χ1n) is 7.18. The summed E-state index contributed by atoms with van der Waals surface area (Å²) in [6.45, 7) is 0. The van der Waals surface area contributed by atoms with Crippen LogP contribution in [0.5, 0.6) is 0 Å². The number of aromatic carboxylic acids is 1. The molecule has 3 N–H and O–H groups in total. The summed E-state index contributed by atoms with van der Waals surface area (Å²) in [4.78, 5) is 10.9. The summed E-state index contributed by atoms with van der Waals surface area (Å²) in [6.07, 6.45) is 4.87. The Hall–Kier alpha value is -2.67. The van der Waals surface area contributed by atoms with Crippen LogP contribution in [-0.2, 0) is 16.3 Å². The smallest absolute Gasteiger partial charge is 0.337 e. The highest BCUT2D eigenvalue weighted by atomic mass is 32.2. The Morgan fingerprint density at radius 1 is 1.21 bits per heavy atom. The zero-order chi connectivity index (χ0) is 17.5. The molecule has 0 aromatic heterocycles. The Bertz CT molecular complexity index is 963. The largest absolute Gasteiger partial charge is 0.478 e. The SMILES string of the molecule is Nc1c2c(cc(C(=O)O)c1S(=O)(=O)c1ccc(F)cc1)CCC=C2. The third kappa shape index (κ3) is 2.56. The van der Waals surface area contributed by atoms with Gasteiger partial charge in [-0.1, -0.05) is 12.2 Å². The van der Waals surface area contributed by atoms with Gasteiger partial charge < -0.3 is 10.8 Å². The fraction of sp³-hybridized carbons (Fsp3) is 0.118. The molecule has 2 aromatic carbocycles. The van der Waals surface area contributed by atoms with E-state index in [4.69, 9.17) is 5.73 Å². The van der Waals surface area contributed by atoms with E-state index in [1.54, 1.807) is 6.08 Å². The van der Waals surface area contributed by atoms with Crippen LogP contribution >= 0.6 is 0 Å². The average molecular weight is 347 g/mol. The zero-order valence-corrected chi connectivity index (χ0v) is 13.3. The van der Waals surface area contributed by atoms with Gasteiger partial charge in [0.1, 0.15) is 10.7 Å². The monoisotopic (exact) mass is 347 g/mol.